The van der Waals surface area contributed by atoms with Gasteiger partial charge in [-0.15, -0.1) is 0 Å². The Morgan fingerprint density at radius 3 is 2.04 bits per heavy atom. The molecule has 0 aliphatic carbocycles. The highest BCUT2D eigenvalue weighted by Gasteiger charge is 2.16. The topological polar surface area (TPSA) is 308 Å². The summed E-state index contributed by atoms with van der Waals surface area (Å²) in [5.74, 6) is -1.45. The van der Waals surface area contributed by atoms with Gasteiger partial charge in [-0.2, -0.15) is 33.3 Å². The lowest BCUT2D eigenvalue weighted by Crippen LogP contribution is -2.19. The van der Waals surface area contributed by atoms with E-state index in [0.29, 0.717) is 12.3 Å². The van der Waals surface area contributed by atoms with Crippen molar-refractivity contribution in [2.45, 2.75) is 4.90 Å². The quantitative estimate of drug-likeness (QED) is 0.0439. The van der Waals surface area contributed by atoms with Crippen LogP contribution in [0.2, 0.25) is 0 Å². The van der Waals surface area contributed by atoms with Crippen molar-refractivity contribution < 1.29 is 42.6 Å². The number of H-pyrrole nitrogens is 1. The first kappa shape index (κ1) is 36.3. The van der Waals surface area contributed by atoms with Crippen molar-refractivity contribution in [1.82, 2.24) is 29.9 Å². The van der Waals surface area contributed by atoms with Crippen LogP contribution in [0.25, 0.3) is 0 Å². The number of hydrogen-bond acceptors (Lipinski definition) is 18. The van der Waals surface area contributed by atoms with Gasteiger partial charge in [-0.1, -0.05) is 6.07 Å². The van der Waals surface area contributed by atoms with E-state index in [1.165, 1.54) is 24.3 Å². The maximum atomic E-state index is 12.1. The molecule has 0 bridgehead atoms. The standard InChI is InChI=1S/C27H33N11O10S/c39-6-4-28-23-35-26(38-27(43)37-23)32-19-13-18(14-20(15-19)49(44,45)46)31-25-34-22(29-5-8-47-10-11-48-9-7-40)33-24(36-25)30-17-3-1-2-16(12-17)21(41)42/h1-3,12-15,39-40H,4-11H2,(H,41,42)(H,44,45,46)(H3,28,32,35,37,38,43)(H3,29,30,31,33,34,36). The molecule has 0 unspecified atom stereocenters. The second-order valence-corrected chi connectivity index (χ2v) is 11.1. The number of benzene rings is 2. The molecule has 22 heteroatoms. The van der Waals surface area contributed by atoms with E-state index in [1.54, 1.807) is 6.07 Å². The molecule has 0 fully saturated rings. The van der Waals surface area contributed by atoms with Gasteiger partial charge in [0, 0.05) is 30.2 Å². The van der Waals surface area contributed by atoms with Crippen LogP contribution in [-0.4, -0.2) is 117 Å². The molecule has 0 radical (unpaired) electrons. The van der Waals surface area contributed by atoms with E-state index < -0.39 is 26.7 Å². The highest BCUT2D eigenvalue weighted by Crippen LogP contribution is 2.27. The number of hydrogen-bond donors (Lipinski definition) is 10. The summed E-state index contributed by atoms with van der Waals surface area (Å²) >= 11 is 0. The minimum absolute atomic E-state index is 0.0132. The fourth-order valence-electron chi connectivity index (χ4n) is 3.90. The van der Waals surface area contributed by atoms with Crippen molar-refractivity contribution in [3.63, 3.8) is 0 Å². The van der Waals surface area contributed by atoms with E-state index in [1.807, 2.05) is 0 Å². The van der Waals surface area contributed by atoms with Gasteiger partial charge < -0.3 is 51.4 Å². The Labute approximate surface area is 278 Å². The molecule has 0 aliphatic heterocycles. The van der Waals surface area contributed by atoms with Gasteiger partial charge in [0.15, 0.2) is 0 Å². The molecule has 0 saturated carbocycles. The first-order valence-corrected chi connectivity index (χ1v) is 15.8. The van der Waals surface area contributed by atoms with Crippen molar-refractivity contribution in [1.29, 1.82) is 0 Å². The first-order valence-electron chi connectivity index (χ1n) is 14.4. The molecule has 0 saturated heterocycles. The first-order chi connectivity index (χ1) is 23.5. The second-order valence-electron chi connectivity index (χ2n) is 9.64. The predicted molar refractivity (Wildman–Crippen MR) is 175 cm³/mol. The minimum atomic E-state index is -4.74. The number of aromatic carboxylic acids is 1. The SMILES string of the molecule is O=C(O)c1cccc(Nc2nc(NCCOCCOCCO)nc(Nc3cc(Nc4nc(NCCO)nc(=O)[nH]4)cc(S(=O)(=O)O)c3)n2)c1. The summed E-state index contributed by atoms with van der Waals surface area (Å²) in [5, 5.41) is 41.3. The summed E-state index contributed by atoms with van der Waals surface area (Å²) in [7, 11) is -4.74. The zero-order valence-electron chi connectivity index (χ0n) is 25.6. The number of aromatic amines is 1. The summed E-state index contributed by atoms with van der Waals surface area (Å²) in [6.45, 7) is 0.958. The highest BCUT2D eigenvalue weighted by atomic mass is 32.2. The number of carbonyl (C=O) groups is 1. The van der Waals surface area contributed by atoms with Gasteiger partial charge in [0.05, 0.1) is 50.1 Å². The van der Waals surface area contributed by atoms with E-state index in [4.69, 9.17) is 19.7 Å². The Bertz CT molecular complexity index is 1900. The molecule has 2 aromatic heterocycles. The van der Waals surface area contributed by atoms with Gasteiger partial charge in [0.2, 0.25) is 29.7 Å². The van der Waals surface area contributed by atoms with Crippen LogP contribution in [-0.2, 0) is 19.6 Å². The van der Waals surface area contributed by atoms with E-state index in [9.17, 15) is 27.7 Å². The lowest BCUT2D eigenvalue weighted by atomic mass is 10.2. The van der Waals surface area contributed by atoms with Crippen LogP contribution in [0.1, 0.15) is 10.4 Å². The Morgan fingerprint density at radius 1 is 0.735 bits per heavy atom. The van der Waals surface area contributed by atoms with Crippen LogP contribution in [0.15, 0.2) is 52.2 Å². The number of carboxylic acid groups (broad SMARTS) is 1. The Balaban J connectivity index is 1.61. The lowest BCUT2D eigenvalue weighted by Gasteiger charge is -2.14. The van der Waals surface area contributed by atoms with Crippen LogP contribution < -0.4 is 32.3 Å². The van der Waals surface area contributed by atoms with Gasteiger partial charge in [-0.25, -0.2) is 9.59 Å². The Hall–Kier alpha value is -5.52. The van der Waals surface area contributed by atoms with Gasteiger partial charge >= 0.3 is 11.7 Å². The Morgan fingerprint density at radius 2 is 1.37 bits per heavy atom. The number of aliphatic hydroxyl groups excluding tert-OH is 2. The predicted octanol–water partition coefficient (Wildman–Crippen LogP) is 0.367. The number of carboxylic acids is 1. The smallest absolute Gasteiger partial charge is 0.351 e. The molecule has 0 aliphatic rings. The van der Waals surface area contributed by atoms with Crippen LogP contribution in [0.5, 0.6) is 0 Å². The molecule has 0 spiro atoms. The molecule has 10 N–H and O–H groups in total. The number of aliphatic hydroxyl groups is 2. The maximum Gasteiger partial charge on any atom is 0.351 e. The fourth-order valence-corrected chi connectivity index (χ4v) is 4.45. The second kappa shape index (κ2) is 17.6. The third kappa shape index (κ3) is 11.9. The summed E-state index contributed by atoms with van der Waals surface area (Å²) in [6, 6.07) is 9.49. The van der Waals surface area contributed by atoms with Gasteiger partial charge in [0.25, 0.3) is 10.1 Å². The van der Waals surface area contributed by atoms with Crippen LogP contribution >= 0.6 is 0 Å². The molecule has 4 aromatic rings. The molecule has 0 atom stereocenters. The molecule has 2 aromatic carbocycles. The average Bonchev–Trinajstić information content (AvgIpc) is 3.04. The van der Waals surface area contributed by atoms with Crippen molar-refractivity contribution in [3.05, 3.63) is 58.5 Å². The lowest BCUT2D eigenvalue weighted by molar-refractivity contribution is 0.0360. The number of nitrogens with zero attached hydrogens (tertiary/aromatic N) is 5. The normalized spacial score (nSPS) is 11.2. The van der Waals surface area contributed by atoms with Gasteiger partial charge in [-0.05, 0) is 36.4 Å². The van der Waals surface area contributed by atoms with Gasteiger partial charge in [-0.3, -0.25) is 9.54 Å². The van der Waals surface area contributed by atoms with E-state index in [-0.39, 0.29) is 92.8 Å². The summed E-state index contributed by atoms with van der Waals surface area (Å²) in [4.78, 5) is 45.9. The Kier molecular flexibility index (Phi) is 13.0. The number of nitrogens with one attached hydrogen (secondary N) is 6. The van der Waals surface area contributed by atoms with E-state index in [2.05, 4.69) is 56.5 Å². The molecule has 21 nitrogen and oxygen atoms in total. The van der Waals surface area contributed by atoms with Crippen molar-refractivity contribution in [3.8, 4) is 0 Å². The molecular formula is C27H33N11O10S. The van der Waals surface area contributed by atoms with Crippen LogP contribution in [0.4, 0.5) is 46.8 Å². The van der Waals surface area contributed by atoms with Crippen molar-refractivity contribution in [2.24, 2.45) is 0 Å². The van der Waals surface area contributed by atoms with Crippen LogP contribution in [0, 0.1) is 0 Å². The molecule has 0 amide bonds. The maximum absolute atomic E-state index is 12.1. The third-order valence-corrected chi connectivity index (χ3v) is 6.74. The van der Waals surface area contributed by atoms with E-state index >= 15 is 0 Å². The van der Waals surface area contributed by atoms with Crippen molar-refractivity contribution >= 4 is 62.9 Å². The molecule has 2 heterocycles. The van der Waals surface area contributed by atoms with Crippen molar-refractivity contribution in [2.75, 3.05) is 79.3 Å². The molecule has 4 rings (SSSR count). The summed E-state index contributed by atoms with van der Waals surface area (Å²) in [5.41, 5.74) is -0.312. The zero-order chi connectivity index (χ0) is 35.2. The number of ether oxygens (including phenoxy) is 2. The fraction of sp³-hybridized carbons (Fsp3) is 0.296. The summed E-state index contributed by atoms with van der Waals surface area (Å²) < 4.78 is 44.7. The number of aromatic nitrogens is 6. The van der Waals surface area contributed by atoms with Gasteiger partial charge in [0.1, 0.15) is 0 Å². The minimum Gasteiger partial charge on any atom is -0.478 e. The monoisotopic (exact) mass is 703 g/mol. The molecular weight excluding hydrogens is 670 g/mol. The molecule has 262 valence electrons. The van der Waals surface area contributed by atoms with Crippen LogP contribution in [0.3, 0.4) is 0 Å². The van der Waals surface area contributed by atoms with E-state index in [0.717, 1.165) is 12.1 Å². The highest BCUT2D eigenvalue weighted by molar-refractivity contribution is 7.85. The zero-order valence-corrected chi connectivity index (χ0v) is 26.4. The average molecular weight is 704 g/mol. The summed E-state index contributed by atoms with van der Waals surface area (Å²) in [6.07, 6.45) is 0. The molecule has 49 heavy (non-hydrogen) atoms. The third-order valence-electron chi connectivity index (χ3n) is 5.91. The largest absolute Gasteiger partial charge is 0.478 e. The number of rotatable bonds is 20. The number of anilines is 8.